The van der Waals surface area contributed by atoms with E-state index in [2.05, 4.69) is 4.90 Å². The standard InChI is InChI=1S/C24H27ClFN3O2/c25-20-6-4-18(5-7-20)23(30)29-12-1-3-19(17-29)24(31)28-14-2-13-27(15-16-28)22-10-8-21(26)9-11-22/h4-11,19H,1-3,12-17H2. The zero-order valence-electron chi connectivity index (χ0n) is 17.5. The van der Waals surface area contributed by atoms with Gasteiger partial charge in [0.15, 0.2) is 0 Å². The first-order chi connectivity index (χ1) is 15.0. The van der Waals surface area contributed by atoms with Crippen LogP contribution in [0.15, 0.2) is 48.5 Å². The Morgan fingerprint density at radius 1 is 0.839 bits per heavy atom. The van der Waals surface area contributed by atoms with E-state index in [0.717, 1.165) is 38.0 Å². The van der Waals surface area contributed by atoms with Gasteiger partial charge in [-0.1, -0.05) is 11.6 Å². The molecule has 2 fully saturated rings. The van der Waals surface area contributed by atoms with Gasteiger partial charge < -0.3 is 14.7 Å². The number of carbonyl (C=O) groups is 2. The molecule has 2 aliphatic heterocycles. The maximum Gasteiger partial charge on any atom is 0.253 e. The first kappa shape index (κ1) is 21.6. The maximum absolute atomic E-state index is 13.2. The van der Waals surface area contributed by atoms with E-state index in [1.807, 2.05) is 4.90 Å². The van der Waals surface area contributed by atoms with Crippen molar-refractivity contribution in [2.75, 3.05) is 44.2 Å². The molecule has 0 aromatic heterocycles. The highest BCUT2D eigenvalue weighted by atomic mass is 35.5. The third kappa shape index (κ3) is 5.18. The summed E-state index contributed by atoms with van der Waals surface area (Å²) in [7, 11) is 0. The Morgan fingerprint density at radius 3 is 2.29 bits per heavy atom. The Hall–Kier alpha value is -2.60. The molecule has 0 N–H and O–H groups in total. The van der Waals surface area contributed by atoms with E-state index >= 15 is 0 Å². The second-order valence-electron chi connectivity index (χ2n) is 8.24. The minimum Gasteiger partial charge on any atom is -0.370 e. The molecule has 2 heterocycles. The third-order valence-electron chi connectivity index (χ3n) is 6.15. The Labute approximate surface area is 187 Å². The lowest BCUT2D eigenvalue weighted by Crippen LogP contribution is -2.47. The van der Waals surface area contributed by atoms with Crippen LogP contribution in [0, 0.1) is 11.7 Å². The predicted molar refractivity (Wildman–Crippen MR) is 120 cm³/mol. The molecule has 1 unspecified atom stereocenters. The van der Waals surface area contributed by atoms with E-state index in [1.165, 1.54) is 12.1 Å². The quantitative estimate of drug-likeness (QED) is 0.718. The van der Waals surface area contributed by atoms with Gasteiger partial charge in [0.2, 0.25) is 5.91 Å². The van der Waals surface area contributed by atoms with E-state index < -0.39 is 0 Å². The summed E-state index contributed by atoms with van der Waals surface area (Å²) in [5, 5.41) is 0.596. The zero-order valence-corrected chi connectivity index (χ0v) is 18.2. The summed E-state index contributed by atoms with van der Waals surface area (Å²) in [6.07, 6.45) is 2.50. The van der Waals surface area contributed by atoms with E-state index in [0.29, 0.717) is 36.8 Å². The van der Waals surface area contributed by atoms with Gasteiger partial charge in [-0.05, 0) is 67.8 Å². The number of likely N-dealkylation sites (tertiary alicyclic amines) is 1. The molecule has 5 nitrogen and oxygen atoms in total. The van der Waals surface area contributed by atoms with Gasteiger partial charge in [-0.15, -0.1) is 0 Å². The number of amides is 2. The molecular formula is C24H27ClFN3O2. The zero-order chi connectivity index (χ0) is 21.8. The SMILES string of the molecule is O=C(c1ccc(Cl)cc1)N1CCCC(C(=O)N2CCCN(c3ccc(F)cc3)CC2)C1. The molecule has 31 heavy (non-hydrogen) atoms. The average molecular weight is 444 g/mol. The van der Waals surface area contributed by atoms with Crippen LogP contribution in [0.2, 0.25) is 5.02 Å². The molecular weight excluding hydrogens is 417 g/mol. The second-order valence-corrected chi connectivity index (χ2v) is 8.68. The fraction of sp³-hybridized carbons (Fsp3) is 0.417. The maximum atomic E-state index is 13.2. The minimum absolute atomic E-state index is 0.0486. The normalized spacial score (nSPS) is 19.8. The fourth-order valence-electron chi connectivity index (χ4n) is 4.44. The summed E-state index contributed by atoms with van der Waals surface area (Å²) >= 11 is 5.93. The van der Waals surface area contributed by atoms with Crippen LogP contribution >= 0.6 is 11.6 Å². The number of nitrogens with zero attached hydrogens (tertiary/aromatic N) is 3. The molecule has 0 aliphatic carbocycles. The van der Waals surface area contributed by atoms with Crippen LogP contribution in [-0.4, -0.2) is 60.9 Å². The van der Waals surface area contributed by atoms with Crippen molar-refractivity contribution in [3.05, 3.63) is 64.9 Å². The van der Waals surface area contributed by atoms with Crippen molar-refractivity contribution in [1.29, 1.82) is 0 Å². The van der Waals surface area contributed by atoms with Crippen molar-refractivity contribution in [2.24, 2.45) is 5.92 Å². The molecule has 0 radical (unpaired) electrons. The van der Waals surface area contributed by atoms with Crippen LogP contribution < -0.4 is 4.90 Å². The molecule has 4 rings (SSSR count). The third-order valence-corrected chi connectivity index (χ3v) is 6.40. The number of hydrogen-bond donors (Lipinski definition) is 0. The topological polar surface area (TPSA) is 43.9 Å². The van der Waals surface area contributed by atoms with Crippen LogP contribution in [0.1, 0.15) is 29.6 Å². The summed E-state index contributed by atoms with van der Waals surface area (Å²) in [5.74, 6) is -0.324. The number of carbonyl (C=O) groups excluding carboxylic acids is 2. The lowest BCUT2D eigenvalue weighted by Gasteiger charge is -2.35. The number of benzene rings is 2. The van der Waals surface area contributed by atoms with E-state index in [-0.39, 0.29) is 23.5 Å². The van der Waals surface area contributed by atoms with Crippen molar-refractivity contribution in [3.63, 3.8) is 0 Å². The summed E-state index contributed by atoms with van der Waals surface area (Å²) in [5.41, 5.74) is 1.58. The van der Waals surface area contributed by atoms with Gasteiger partial charge in [0.05, 0.1) is 5.92 Å². The summed E-state index contributed by atoms with van der Waals surface area (Å²) in [6, 6.07) is 13.4. The molecule has 0 spiro atoms. The van der Waals surface area contributed by atoms with Crippen molar-refractivity contribution < 1.29 is 14.0 Å². The molecule has 1 atom stereocenters. The van der Waals surface area contributed by atoms with Crippen molar-refractivity contribution in [1.82, 2.24) is 9.80 Å². The summed E-state index contributed by atoms with van der Waals surface area (Å²) in [4.78, 5) is 32.0. The first-order valence-electron chi connectivity index (χ1n) is 10.9. The Morgan fingerprint density at radius 2 is 1.55 bits per heavy atom. The number of anilines is 1. The largest absolute Gasteiger partial charge is 0.370 e. The fourth-order valence-corrected chi connectivity index (χ4v) is 4.57. The average Bonchev–Trinajstić information content (AvgIpc) is 3.05. The predicted octanol–water partition coefficient (Wildman–Crippen LogP) is 4.07. The summed E-state index contributed by atoms with van der Waals surface area (Å²) in [6.45, 7) is 4.02. The Kier molecular flexibility index (Phi) is 6.76. The van der Waals surface area contributed by atoms with Crippen LogP contribution in [-0.2, 0) is 4.79 Å². The highest BCUT2D eigenvalue weighted by Gasteiger charge is 2.32. The van der Waals surface area contributed by atoms with Gasteiger partial charge in [-0.25, -0.2) is 4.39 Å². The first-order valence-corrected chi connectivity index (χ1v) is 11.2. The monoisotopic (exact) mass is 443 g/mol. The van der Waals surface area contributed by atoms with Gasteiger partial charge in [-0.3, -0.25) is 9.59 Å². The Bertz CT molecular complexity index is 919. The molecule has 164 valence electrons. The van der Waals surface area contributed by atoms with Crippen LogP contribution in [0.3, 0.4) is 0 Å². The van der Waals surface area contributed by atoms with Crippen LogP contribution in [0.4, 0.5) is 10.1 Å². The van der Waals surface area contributed by atoms with Crippen LogP contribution in [0.25, 0.3) is 0 Å². The van der Waals surface area contributed by atoms with Crippen molar-refractivity contribution >= 4 is 29.1 Å². The van der Waals surface area contributed by atoms with Gasteiger partial charge in [-0.2, -0.15) is 0 Å². The molecule has 7 heteroatoms. The van der Waals surface area contributed by atoms with Gasteiger partial charge in [0.25, 0.3) is 5.91 Å². The minimum atomic E-state index is -0.245. The molecule has 0 saturated carbocycles. The second kappa shape index (κ2) is 9.69. The van der Waals surface area contributed by atoms with Crippen molar-refractivity contribution in [3.8, 4) is 0 Å². The molecule has 2 aromatic carbocycles. The molecule has 2 saturated heterocycles. The van der Waals surface area contributed by atoms with E-state index in [9.17, 15) is 14.0 Å². The lowest BCUT2D eigenvalue weighted by atomic mass is 9.95. The number of hydrogen-bond acceptors (Lipinski definition) is 3. The smallest absolute Gasteiger partial charge is 0.253 e. The molecule has 0 bridgehead atoms. The molecule has 2 aliphatic rings. The lowest BCUT2D eigenvalue weighted by molar-refractivity contribution is -0.136. The number of halogens is 2. The van der Waals surface area contributed by atoms with Gasteiger partial charge >= 0.3 is 0 Å². The van der Waals surface area contributed by atoms with Gasteiger partial charge in [0, 0.05) is 55.5 Å². The van der Waals surface area contributed by atoms with E-state index in [1.54, 1.807) is 41.3 Å². The molecule has 2 aromatic rings. The molecule has 2 amide bonds. The summed E-state index contributed by atoms with van der Waals surface area (Å²) < 4.78 is 13.2. The van der Waals surface area contributed by atoms with Crippen molar-refractivity contribution in [2.45, 2.75) is 19.3 Å². The van der Waals surface area contributed by atoms with Crippen LogP contribution in [0.5, 0.6) is 0 Å². The number of rotatable bonds is 3. The number of piperidine rings is 1. The highest BCUT2D eigenvalue weighted by Crippen LogP contribution is 2.23. The Balaban J connectivity index is 1.36. The highest BCUT2D eigenvalue weighted by molar-refractivity contribution is 6.30. The van der Waals surface area contributed by atoms with E-state index in [4.69, 9.17) is 11.6 Å². The van der Waals surface area contributed by atoms with Gasteiger partial charge in [0.1, 0.15) is 5.82 Å².